The standard InChI is InChI=1S/C3H5N3O/c7-1-3-4-2-5-6-3/h2,7H,1H2,(H,4,5,6). The van der Waals surface area contributed by atoms with E-state index in [0.29, 0.717) is 5.82 Å². The molecule has 0 aliphatic rings. The number of hydrogen-bond acceptors (Lipinski definition) is 3. The van der Waals surface area contributed by atoms with Crippen molar-refractivity contribution in [2.45, 2.75) is 6.61 Å². The molecule has 4 heteroatoms. The Morgan fingerprint density at radius 3 is 3.00 bits per heavy atom. The maximum atomic E-state index is 8.28. The monoisotopic (exact) mass is 99.0 g/mol. The van der Waals surface area contributed by atoms with Gasteiger partial charge in [0, 0.05) is 0 Å². The maximum Gasteiger partial charge on any atom is 0.175 e. The lowest BCUT2D eigenvalue weighted by atomic mass is 10.7. The highest BCUT2D eigenvalue weighted by Gasteiger charge is 1.86. The van der Waals surface area contributed by atoms with Crippen molar-refractivity contribution in [3.05, 3.63) is 12.2 Å². The van der Waals surface area contributed by atoms with E-state index in [9.17, 15) is 0 Å². The largest absolute Gasteiger partial charge is 0.388 e. The summed E-state index contributed by atoms with van der Waals surface area (Å²) in [5.41, 5.74) is 0. The molecule has 2 N–H and O–H groups in total. The number of rotatable bonds is 1. The molecule has 1 aromatic heterocycles. The number of hydrogen-bond donors (Lipinski definition) is 2. The van der Waals surface area contributed by atoms with Gasteiger partial charge >= 0.3 is 0 Å². The van der Waals surface area contributed by atoms with Gasteiger partial charge in [0.15, 0.2) is 5.82 Å². The van der Waals surface area contributed by atoms with E-state index >= 15 is 0 Å². The topological polar surface area (TPSA) is 61.8 Å². The van der Waals surface area contributed by atoms with Crippen LogP contribution in [0.4, 0.5) is 0 Å². The Labute approximate surface area is 40.2 Å². The minimum atomic E-state index is -0.0938. The minimum Gasteiger partial charge on any atom is -0.388 e. The van der Waals surface area contributed by atoms with Crippen LogP contribution in [0, 0.1) is 0 Å². The first-order chi connectivity index (χ1) is 3.43. The van der Waals surface area contributed by atoms with E-state index in [1.807, 2.05) is 0 Å². The molecule has 0 amide bonds. The highest BCUT2D eigenvalue weighted by Crippen LogP contribution is 1.79. The second-order valence-electron chi connectivity index (χ2n) is 1.07. The summed E-state index contributed by atoms with van der Waals surface area (Å²) in [4.78, 5) is 3.62. The number of aromatic amines is 1. The maximum absolute atomic E-state index is 8.28. The van der Waals surface area contributed by atoms with Gasteiger partial charge in [-0.2, -0.15) is 5.10 Å². The van der Waals surface area contributed by atoms with Crippen molar-refractivity contribution in [2.24, 2.45) is 0 Å². The van der Waals surface area contributed by atoms with Crippen molar-refractivity contribution < 1.29 is 5.11 Å². The number of nitrogens with one attached hydrogen (secondary N) is 1. The van der Waals surface area contributed by atoms with Crippen LogP contribution in [0.1, 0.15) is 5.82 Å². The second kappa shape index (κ2) is 1.70. The Morgan fingerprint density at radius 1 is 1.86 bits per heavy atom. The van der Waals surface area contributed by atoms with Crippen LogP contribution in [0.5, 0.6) is 0 Å². The zero-order valence-electron chi connectivity index (χ0n) is 3.63. The van der Waals surface area contributed by atoms with Gasteiger partial charge in [-0.1, -0.05) is 0 Å². The van der Waals surface area contributed by atoms with Gasteiger partial charge in [0.05, 0.1) is 0 Å². The Bertz CT molecular complexity index is 125. The van der Waals surface area contributed by atoms with Gasteiger partial charge in [-0.15, -0.1) is 0 Å². The number of aliphatic hydroxyl groups is 1. The first kappa shape index (κ1) is 4.26. The lowest BCUT2D eigenvalue weighted by Crippen LogP contribution is -1.83. The van der Waals surface area contributed by atoms with Crippen molar-refractivity contribution in [1.82, 2.24) is 15.2 Å². The summed E-state index contributed by atoms with van der Waals surface area (Å²) in [6.45, 7) is -0.0938. The third kappa shape index (κ3) is 0.747. The fourth-order valence-electron chi connectivity index (χ4n) is 0.312. The molecular weight excluding hydrogens is 94.1 g/mol. The Morgan fingerprint density at radius 2 is 2.71 bits per heavy atom. The summed E-state index contributed by atoms with van der Waals surface area (Å²) in [5, 5.41) is 14.3. The van der Waals surface area contributed by atoms with E-state index < -0.39 is 0 Å². The van der Waals surface area contributed by atoms with Crippen LogP contribution < -0.4 is 0 Å². The van der Waals surface area contributed by atoms with Crippen LogP contribution in [0.25, 0.3) is 0 Å². The smallest absolute Gasteiger partial charge is 0.175 e. The summed E-state index contributed by atoms with van der Waals surface area (Å²) < 4.78 is 0. The normalized spacial score (nSPS) is 9.29. The van der Waals surface area contributed by atoms with Gasteiger partial charge in [0.25, 0.3) is 0 Å². The molecule has 1 heterocycles. The van der Waals surface area contributed by atoms with Crippen molar-refractivity contribution in [1.29, 1.82) is 0 Å². The van der Waals surface area contributed by atoms with E-state index in [1.54, 1.807) is 0 Å². The zero-order chi connectivity index (χ0) is 5.11. The number of aliphatic hydroxyl groups excluding tert-OH is 1. The van der Waals surface area contributed by atoms with E-state index in [0.717, 1.165) is 0 Å². The van der Waals surface area contributed by atoms with E-state index in [1.165, 1.54) is 6.33 Å². The minimum absolute atomic E-state index is 0.0938. The van der Waals surface area contributed by atoms with Gasteiger partial charge in [0.1, 0.15) is 12.9 Å². The molecule has 0 radical (unpaired) electrons. The predicted molar refractivity (Wildman–Crippen MR) is 22.3 cm³/mol. The molecule has 0 bridgehead atoms. The van der Waals surface area contributed by atoms with Crippen molar-refractivity contribution in [2.75, 3.05) is 0 Å². The second-order valence-corrected chi connectivity index (χ2v) is 1.07. The molecule has 4 nitrogen and oxygen atoms in total. The molecule has 0 saturated heterocycles. The van der Waals surface area contributed by atoms with Crippen LogP contribution in [-0.2, 0) is 6.61 Å². The van der Waals surface area contributed by atoms with Gasteiger partial charge in [-0.05, 0) is 0 Å². The molecule has 38 valence electrons. The molecule has 7 heavy (non-hydrogen) atoms. The average Bonchev–Trinajstić information content (AvgIpc) is 2.14. The van der Waals surface area contributed by atoms with Crippen LogP contribution in [-0.4, -0.2) is 20.3 Å². The first-order valence-corrected chi connectivity index (χ1v) is 1.89. The van der Waals surface area contributed by atoms with Crippen molar-refractivity contribution >= 4 is 0 Å². The lowest BCUT2D eigenvalue weighted by Gasteiger charge is -1.75. The molecule has 0 fully saturated rings. The molecule has 0 aromatic carbocycles. The average molecular weight is 99.1 g/mol. The molecule has 0 aliphatic carbocycles. The first-order valence-electron chi connectivity index (χ1n) is 1.89. The Hall–Kier alpha value is -0.900. The van der Waals surface area contributed by atoms with Gasteiger partial charge < -0.3 is 5.11 Å². The highest BCUT2D eigenvalue weighted by molar-refractivity contribution is 4.73. The summed E-state index contributed by atoms with van der Waals surface area (Å²) in [6, 6.07) is 0. The van der Waals surface area contributed by atoms with Crippen LogP contribution >= 0.6 is 0 Å². The van der Waals surface area contributed by atoms with E-state index in [2.05, 4.69) is 15.2 Å². The lowest BCUT2D eigenvalue weighted by molar-refractivity contribution is 0.272. The van der Waals surface area contributed by atoms with Crippen LogP contribution in [0.3, 0.4) is 0 Å². The SMILES string of the molecule is OCc1nc[nH]n1. The highest BCUT2D eigenvalue weighted by atomic mass is 16.3. The Kier molecular flexibility index (Phi) is 1.04. The third-order valence-corrected chi connectivity index (χ3v) is 0.606. The predicted octanol–water partition coefficient (Wildman–Crippen LogP) is -0.703. The number of aromatic nitrogens is 3. The zero-order valence-corrected chi connectivity index (χ0v) is 3.63. The van der Waals surface area contributed by atoms with Gasteiger partial charge in [0.2, 0.25) is 0 Å². The number of nitrogens with zero attached hydrogens (tertiary/aromatic N) is 2. The van der Waals surface area contributed by atoms with Crippen molar-refractivity contribution in [3.8, 4) is 0 Å². The van der Waals surface area contributed by atoms with E-state index in [4.69, 9.17) is 5.11 Å². The number of H-pyrrole nitrogens is 1. The molecular formula is C3H5N3O. The summed E-state index contributed by atoms with van der Waals surface area (Å²) >= 11 is 0. The molecule has 0 spiro atoms. The van der Waals surface area contributed by atoms with Crippen molar-refractivity contribution in [3.63, 3.8) is 0 Å². The Balaban J connectivity index is 2.76. The fourth-order valence-corrected chi connectivity index (χ4v) is 0.312. The molecule has 1 aromatic rings. The third-order valence-electron chi connectivity index (χ3n) is 0.606. The van der Waals surface area contributed by atoms with Gasteiger partial charge in [-0.3, -0.25) is 5.10 Å². The summed E-state index contributed by atoms with van der Waals surface area (Å²) in [7, 11) is 0. The molecule has 0 saturated carbocycles. The van der Waals surface area contributed by atoms with Gasteiger partial charge in [-0.25, -0.2) is 4.98 Å². The van der Waals surface area contributed by atoms with E-state index in [-0.39, 0.29) is 6.61 Å². The molecule has 1 rings (SSSR count). The molecule has 0 unspecified atom stereocenters. The quantitative estimate of drug-likeness (QED) is 0.489. The summed E-state index contributed by atoms with van der Waals surface area (Å²) in [6.07, 6.45) is 1.42. The molecule has 0 atom stereocenters. The summed E-state index contributed by atoms with van der Waals surface area (Å²) in [5.74, 6) is 0.431. The van der Waals surface area contributed by atoms with Crippen LogP contribution in [0.15, 0.2) is 6.33 Å². The van der Waals surface area contributed by atoms with Crippen LogP contribution in [0.2, 0.25) is 0 Å². The fraction of sp³-hybridized carbons (Fsp3) is 0.333. The molecule has 0 aliphatic heterocycles.